The van der Waals surface area contributed by atoms with Crippen LogP contribution in [0.2, 0.25) is 0 Å². The zero-order valence-corrected chi connectivity index (χ0v) is 30.0. The number of nitrogens with one attached hydrogen (secondary N) is 2. The number of para-hydroxylation sites is 1. The van der Waals surface area contributed by atoms with E-state index in [9.17, 15) is 41.4 Å². The Kier molecular flexibility index (Phi) is 10.1. The fraction of sp³-hybridized carbons (Fsp3) is 0.158. The van der Waals surface area contributed by atoms with Gasteiger partial charge in [0.25, 0.3) is 0 Å². The highest BCUT2D eigenvalue weighted by Gasteiger charge is 2.34. The fourth-order valence-corrected chi connectivity index (χ4v) is 6.56. The standard InChI is InChI=1S/C38H31F6N7O3S/c1-19-11-22(14-27(12-19)51-30-16-24(37(39,40)41)9-10-28(30)29(34(51)53)18-46-49-36(45)55)13-23-15-25(38(42,43)44)17-31-33(23)32(20(2)47-48-21(3)52)35(54)50(31)26-7-5-4-6-8-26/h4-12,14-18,53-54H,13H2,1-3H3,(H,48,52)(H3,45,49,55). The van der Waals surface area contributed by atoms with Gasteiger partial charge in [-0.2, -0.15) is 36.5 Å². The van der Waals surface area contributed by atoms with Crippen LogP contribution in [0, 0.1) is 6.92 Å². The van der Waals surface area contributed by atoms with E-state index < -0.39 is 41.1 Å². The number of fused-ring (bicyclic) bond motifs is 2. The number of nitrogens with two attached hydrogens (primary N) is 1. The Morgan fingerprint density at radius 1 is 0.836 bits per heavy atom. The van der Waals surface area contributed by atoms with Crippen molar-refractivity contribution in [2.45, 2.75) is 39.5 Å². The summed E-state index contributed by atoms with van der Waals surface area (Å²) >= 11 is 4.76. The van der Waals surface area contributed by atoms with Gasteiger partial charge in [-0.15, -0.1) is 0 Å². The lowest BCUT2D eigenvalue weighted by Crippen LogP contribution is -2.23. The Labute approximate surface area is 314 Å². The molecule has 2 aromatic heterocycles. The van der Waals surface area contributed by atoms with Crippen LogP contribution in [0.5, 0.6) is 11.8 Å². The van der Waals surface area contributed by atoms with Gasteiger partial charge in [0, 0.05) is 29.1 Å². The van der Waals surface area contributed by atoms with E-state index in [0.29, 0.717) is 16.8 Å². The van der Waals surface area contributed by atoms with Crippen LogP contribution < -0.4 is 16.6 Å². The number of aromatic nitrogens is 2. The van der Waals surface area contributed by atoms with Crippen LogP contribution >= 0.6 is 12.2 Å². The number of carbonyl (C=O) groups excluding carboxylic acids is 1. The molecule has 1 amide bonds. The van der Waals surface area contributed by atoms with Gasteiger partial charge in [0.2, 0.25) is 17.7 Å². The highest BCUT2D eigenvalue weighted by atomic mass is 32.1. The quantitative estimate of drug-likeness (QED) is 0.0460. The molecule has 6 aromatic rings. The minimum Gasteiger partial charge on any atom is -0.494 e. The SMILES string of the molecule is CC(=O)NN=C(C)c1c(O)n(-c2ccccc2)c2cc(C(F)(F)F)cc(Cc3cc(C)cc(-n4c(O)c(C=NNC(N)=S)c5ccc(C(F)(F)F)cc54)c3)c12. The van der Waals surface area contributed by atoms with Crippen LogP contribution in [-0.2, 0) is 23.6 Å². The molecule has 10 nitrogen and oxygen atoms in total. The number of aryl methyl sites for hydroxylation is 1. The van der Waals surface area contributed by atoms with E-state index in [1.54, 1.807) is 49.4 Å². The van der Waals surface area contributed by atoms with E-state index in [2.05, 4.69) is 21.1 Å². The summed E-state index contributed by atoms with van der Waals surface area (Å²) in [6.07, 6.45) is -8.58. The normalized spacial score (nSPS) is 12.6. The van der Waals surface area contributed by atoms with Crippen molar-refractivity contribution in [3.63, 3.8) is 0 Å². The van der Waals surface area contributed by atoms with Gasteiger partial charge in [-0.25, -0.2) is 5.43 Å². The average Bonchev–Trinajstić information content (AvgIpc) is 3.55. The lowest BCUT2D eigenvalue weighted by atomic mass is 9.94. The molecule has 284 valence electrons. The van der Waals surface area contributed by atoms with Crippen molar-refractivity contribution in [3.8, 4) is 23.1 Å². The number of benzene rings is 4. The maximum Gasteiger partial charge on any atom is 0.416 e. The zero-order valence-electron chi connectivity index (χ0n) is 29.1. The summed E-state index contributed by atoms with van der Waals surface area (Å²) in [5, 5.41) is 31.3. The minimum atomic E-state index is -4.81. The van der Waals surface area contributed by atoms with Crippen LogP contribution in [0.4, 0.5) is 26.3 Å². The van der Waals surface area contributed by atoms with Crippen molar-refractivity contribution in [2.75, 3.05) is 0 Å². The molecule has 0 saturated carbocycles. The number of amides is 1. The van der Waals surface area contributed by atoms with Crippen molar-refractivity contribution < 1.29 is 41.4 Å². The number of hydrazone groups is 2. The number of alkyl halides is 6. The topological polar surface area (TPSA) is 142 Å². The van der Waals surface area contributed by atoms with Gasteiger partial charge < -0.3 is 15.9 Å². The molecule has 0 aliphatic heterocycles. The summed E-state index contributed by atoms with van der Waals surface area (Å²) in [5.74, 6) is -1.44. The Morgan fingerprint density at radius 3 is 2.13 bits per heavy atom. The predicted octanol–water partition coefficient (Wildman–Crippen LogP) is 7.95. The zero-order chi connectivity index (χ0) is 40.0. The largest absolute Gasteiger partial charge is 0.494 e. The van der Waals surface area contributed by atoms with E-state index in [1.165, 1.54) is 35.1 Å². The van der Waals surface area contributed by atoms with Gasteiger partial charge in [-0.1, -0.05) is 30.3 Å². The minimum absolute atomic E-state index is 0.00277. The molecule has 0 aliphatic rings. The Bertz CT molecular complexity index is 2560. The summed E-state index contributed by atoms with van der Waals surface area (Å²) in [7, 11) is 0. The molecule has 0 atom stereocenters. The lowest BCUT2D eigenvalue weighted by Gasteiger charge is -2.15. The van der Waals surface area contributed by atoms with Gasteiger partial charge in [0.15, 0.2) is 5.11 Å². The van der Waals surface area contributed by atoms with Gasteiger partial charge in [-0.05, 0) is 97.7 Å². The number of hydrogen-bond donors (Lipinski definition) is 5. The molecular formula is C38H31F6N7O3S. The van der Waals surface area contributed by atoms with Crippen molar-refractivity contribution in [1.29, 1.82) is 0 Å². The van der Waals surface area contributed by atoms with Gasteiger partial charge in [0.1, 0.15) is 0 Å². The molecule has 0 radical (unpaired) electrons. The highest BCUT2D eigenvalue weighted by Crippen LogP contribution is 2.43. The molecule has 0 aliphatic carbocycles. The third-order valence-corrected chi connectivity index (χ3v) is 8.75. The van der Waals surface area contributed by atoms with Gasteiger partial charge >= 0.3 is 12.4 Å². The molecule has 6 N–H and O–H groups in total. The molecule has 0 fully saturated rings. The molecule has 2 heterocycles. The molecule has 0 unspecified atom stereocenters. The van der Waals surface area contributed by atoms with Crippen LogP contribution in [0.3, 0.4) is 0 Å². The Balaban J connectivity index is 1.61. The van der Waals surface area contributed by atoms with E-state index in [1.807, 2.05) is 0 Å². The third kappa shape index (κ3) is 7.68. The Hall–Kier alpha value is -6.36. The number of halogens is 6. The smallest absolute Gasteiger partial charge is 0.416 e. The first kappa shape index (κ1) is 38.4. The molecule has 55 heavy (non-hydrogen) atoms. The predicted molar refractivity (Wildman–Crippen MR) is 201 cm³/mol. The van der Waals surface area contributed by atoms with Crippen molar-refractivity contribution >= 4 is 57.0 Å². The van der Waals surface area contributed by atoms with Crippen molar-refractivity contribution in [3.05, 3.63) is 118 Å². The average molecular weight is 780 g/mol. The monoisotopic (exact) mass is 779 g/mol. The molecule has 0 bridgehead atoms. The first-order valence-electron chi connectivity index (χ1n) is 16.3. The number of hydrogen-bond acceptors (Lipinski definition) is 6. The Morgan fingerprint density at radius 2 is 1.49 bits per heavy atom. The molecule has 0 spiro atoms. The maximum atomic E-state index is 14.6. The van der Waals surface area contributed by atoms with E-state index in [4.69, 9.17) is 18.0 Å². The molecular weight excluding hydrogens is 749 g/mol. The highest BCUT2D eigenvalue weighted by molar-refractivity contribution is 7.80. The van der Waals surface area contributed by atoms with Crippen LogP contribution in [-0.4, -0.2) is 42.3 Å². The molecule has 4 aromatic carbocycles. The van der Waals surface area contributed by atoms with E-state index >= 15 is 0 Å². The maximum absolute atomic E-state index is 14.6. The summed E-state index contributed by atoms with van der Waals surface area (Å²) < 4.78 is 87.8. The first-order chi connectivity index (χ1) is 25.8. The summed E-state index contributed by atoms with van der Waals surface area (Å²) in [6.45, 7) is 4.39. The van der Waals surface area contributed by atoms with Crippen molar-refractivity contribution in [1.82, 2.24) is 20.0 Å². The molecule has 0 saturated heterocycles. The second kappa shape index (κ2) is 14.5. The van der Waals surface area contributed by atoms with E-state index in [0.717, 1.165) is 30.5 Å². The molecule has 17 heteroatoms. The number of rotatable bonds is 8. The van der Waals surface area contributed by atoms with Crippen LogP contribution in [0.25, 0.3) is 33.2 Å². The number of aromatic hydroxyl groups is 2. The molecule has 6 rings (SSSR count). The summed E-state index contributed by atoms with van der Waals surface area (Å²) in [4.78, 5) is 11.7. The second-order valence-corrected chi connectivity index (χ2v) is 13.1. The van der Waals surface area contributed by atoms with E-state index in [-0.39, 0.29) is 61.4 Å². The van der Waals surface area contributed by atoms with Crippen LogP contribution in [0.1, 0.15) is 52.8 Å². The van der Waals surface area contributed by atoms with Crippen molar-refractivity contribution in [2.24, 2.45) is 15.9 Å². The van der Waals surface area contributed by atoms with Gasteiger partial charge in [-0.3, -0.25) is 19.4 Å². The number of carbonyl (C=O) groups is 1. The summed E-state index contributed by atoms with van der Waals surface area (Å²) in [6, 6.07) is 17.8. The number of nitrogens with zero attached hydrogens (tertiary/aromatic N) is 4. The summed E-state index contributed by atoms with van der Waals surface area (Å²) in [5.41, 5.74) is 9.84. The number of thiocarbonyl (C=S) groups is 1. The van der Waals surface area contributed by atoms with Crippen LogP contribution in [0.15, 0.2) is 89.1 Å². The lowest BCUT2D eigenvalue weighted by molar-refractivity contribution is -0.138. The van der Waals surface area contributed by atoms with Gasteiger partial charge in [0.05, 0.1) is 45.2 Å². The third-order valence-electron chi connectivity index (χ3n) is 8.66. The first-order valence-corrected chi connectivity index (χ1v) is 16.7. The second-order valence-electron chi connectivity index (χ2n) is 12.7. The fourth-order valence-electron chi connectivity index (χ4n) is 6.51.